The van der Waals surface area contributed by atoms with Crippen LogP contribution in [-0.2, 0) is 13.5 Å². The van der Waals surface area contributed by atoms with Crippen LogP contribution in [0.25, 0.3) is 0 Å². The quantitative estimate of drug-likeness (QED) is 0.715. The molecule has 12 heavy (non-hydrogen) atoms. The van der Waals surface area contributed by atoms with Crippen molar-refractivity contribution in [2.24, 2.45) is 7.05 Å². The van der Waals surface area contributed by atoms with E-state index in [0.717, 1.165) is 11.3 Å². The van der Waals surface area contributed by atoms with Crippen LogP contribution in [-0.4, -0.2) is 26.9 Å². The lowest BCUT2D eigenvalue weighted by molar-refractivity contribution is 0.196. The molecule has 1 unspecified atom stereocenters. The molecule has 0 fully saturated rings. The van der Waals surface area contributed by atoms with Crippen molar-refractivity contribution in [2.75, 3.05) is 5.88 Å². The molecule has 0 aromatic carbocycles. The Balaban J connectivity index is 2.73. The van der Waals surface area contributed by atoms with Gasteiger partial charge in [-0.25, -0.2) is 0 Å². The molecule has 1 aromatic rings. The van der Waals surface area contributed by atoms with Crippen LogP contribution in [0.2, 0.25) is 0 Å². The fraction of sp³-hybridized carbons (Fsp3) is 0.625. The Morgan fingerprint density at radius 3 is 2.83 bits per heavy atom. The summed E-state index contributed by atoms with van der Waals surface area (Å²) in [5.41, 5.74) is 2.14. The highest BCUT2D eigenvalue weighted by atomic mass is 35.5. The zero-order valence-corrected chi connectivity index (χ0v) is 8.04. The Morgan fingerprint density at radius 1 is 1.75 bits per heavy atom. The van der Waals surface area contributed by atoms with Crippen molar-refractivity contribution in [1.82, 2.24) is 9.78 Å². The Hall–Kier alpha value is -0.540. The first-order valence-corrected chi connectivity index (χ1v) is 4.40. The zero-order valence-electron chi connectivity index (χ0n) is 7.29. The first-order valence-electron chi connectivity index (χ1n) is 3.86. The van der Waals surface area contributed by atoms with E-state index in [-0.39, 0.29) is 5.88 Å². The monoisotopic (exact) mass is 188 g/mol. The number of alkyl halides is 1. The van der Waals surface area contributed by atoms with Crippen LogP contribution < -0.4 is 0 Å². The summed E-state index contributed by atoms with van der Waals surface area (Å²) in [6.45, 7) is 1.98. The van der Waals surface area contributed by atoms with E-state index in [1.165, 1.54) is 0 Å². The molecule has 0 spiro atoms. The summed E-state index contributed by atoms with van der Waals surface area (Å²) in [7, 11) is 1.86. The number of halogens is 1. The molecule has 0 aliphatic heterocycles. The maximum absolute atomic E-state index is 9.31. The standard InChI is InChI=1S/C8H13ClN2O/c1-6-5-10-11(2)8(6)3-7(12)4-9/h5,7,12H,3-4H2,1-2H3. The lowest BCUT2D eigenvalue weighted by atomic mass is 10.1. The van der Waals surface area contributed by atoms with E-state index in [2.05, 4.69) is 5.10 Å². The van der Waals surface area contributed by atoms with Gasteiger partial charge in [0, 0.05) is 25.0 Å². The molecule has 1 rings (SSSR count). The van der Waals surface area contributed by atoms with E-state index in [1.54, 1.807) is 10.9 Å². The molecule has 1 aromatic heterocycles. The van der Waals surface area contributed by atoms with Crippen LogP contribution in [0.4, 0.5) is 0 Å². The highest BCUT2D eigenvalue weighted by Gasteiger charge is 2.09. The maximum atomic E-state index is 9.31. The van der Waals surface area contributed by atoms with E-state index in [0.29, 0.717) is 6.42 Å². The highest BCUT2D eigenvalue weighted by Crippen LogP contribution is 2.08. The second kappa shape index (κ2) is 3.92. The lowest BCUT2D eigenvalue weighted by Gasteiger charge is -2.07. The summed E-state index contributed by atoms with van der Waals surface area (Å²) in [5.74, 6) is 0.268. The molecule has 0 bridgehead atoms. The number of nitrogens with zero attached hydrogens (tertiary/aromatic N) is 2. The minimum Gasteiger partial charge on any atom is -0.391 e. The molecule has 0 saturated heterocycles. The topological polar surface area (TPSA) is 38.0 Å². The van der Waals surface area contributed by atoms with Crippen molar-refractivity contribution in [1.29, 1.82) is 0 Å². The maximum Gasteiger partial charge on any atom is 0.0730 e. The van der Waals surface area contributed by atoms with Crippen molar-refractivity contribution in [3.05, 3.63) is 17.5 Å². The van der Waals surface area contributed by atoms with Crippen molar-refractivity contribution >= 4 is 11.6 Å². The summed E-state index contributed by atoms with van der Waals surface area (Å²) in [6, 6.07) is 0. The average molecular weight is 189 g/mol. The number of aliphatic hydroxyl groups is 1. The molecule has 4 heteroatoms. The molecule has 0 radical (unpaired) electrons. The molecule has 1 atom stereocenters. The van der Waals surface area contributed by atoms with E-state index in [9.17, 15) is 5.11 Å². The zero-order chi connectivity index (χ0) is 9.14. The van der Waals surface area contributed by atoms with E-state index in [1.807, 2.05) is 14.0 Å². The number of rotatable bonds is 3. The van der Waals surface area contributed by atoms with Crippen molar-refractivity contribution in [3.63, 3.8) is 0 Å². The Bertz CT molecular complexity index is 240. The SMILES string of the molecule is Cc1cnn(C)c1CC(O)CCl. The van der Waals surface area contributed by atoms with E-state index in [4.69, 9.17) is 11.6 Å². The Kier molecular flexibility index (Phi) is 3.12. The fourth-order valence-corrected chi connectivity index (χ4v) is 1.25. The highest BCUT2D eigenvalue weighted by molar-refractivity contribution is 6.18. The Labute approximate surface area is 77.0 Å². The smallest absolute Gasteiger partial charge is 0.0730 e. The van der Waals surface area contributed by atoms with Gasteiger partial charge >= 0.3 is 0 Å². The predicted molar refractivity (Wildman–Crippen MR) is 48.4 cm³/mol. The van der Waals surface area contributed by atoms with Crippen molar-refractivity contribution < 1.29 is 5.11 Å². The van der Waals surface area contributed by atoms with Gasteiger partial charge in [-0.2, -0.15) is 5.10 Å². The van der Waals surface area contributed by atoms with Gasteiger partial charge in [-0.1, -0.05) is 0 Å². The van der Waals surface area contributed by atoms with Gasteiger partial charge in [-0.05, 0) is 12.5 Å². The first kappa shape index (κ1) is 9.55. The van der Waals surface area contributed by atoms with Gasteiger partial charge in [0.05, 0.1) is 12.3 Å². The van der Waals surface area contributed by atoms with Crippen molar-refractivity contribution in [2.45, 2.75) is 19.4 Å². The molecule has 0 aliphatic carbocycles. The van der Waals surface area contributed by atoms with Gasteiger partial charge in [0.2, 0.25) is 0 Å². The molecule has 3 nitrogen and oxygen atoms in total. The summed E-state index contributed by atoms with van der Waals surface area (Å²) in [4.78, 5) is 0. The molecular formula is C8H13ClN2O. The third kappa shape index (κ3) is 1.99. The second-order valence-corrected chi connectivity index (χ2v) is 3.22. The van der Waals surface area contributed by atoms with E-state index >= 15 is 0 Å². The molecule has 0 saturated carbocycles. The summed E-state index contributed by atoms with van der Waals surface area (Å²) in [5, 5.41) is 13.4. The van der Waals surface area contributed by atoms with Gasteiger partial charge in [0.1, 0.15) is 0 Å². The van der Waals surface area contributed by atoms with E-state index < -0.39 is 6.10 Å². The molecule has 0 aliphatic rings. The predicted octanol–water partition coefficient (Wildman–Crippen LogP) is 0.871. The van der Waals surface area contributed by atoms with Crippen LogP contribution in [0.15, 0.2) is 6.20 Å². The van der Waals surface area contributed by atoms with Gasteiger partial charge < -0.3 is 5.11 Å². The summed E-state index contributed by atoms with van der Waals surface area (Å²) in [6.07, 6.45) is 1.89. The molecule has 1 heterocycles. The number of hydrogen-bond acceptors (Lipinski definition) is 2. The third-order valence-corrected chi connectivity index (χ3v) is 2.23. The average Bonchev–Trinajstić information content (AvgIpc) is 2.35. The van der Waals surface area contributed by atoms with Crippen LogP contribution in [0.3, 0.4) is 0 Å². The molecule has 68 valence electrons. The van der Waals surface area contributed by atoms with Gasteiger partial charge in [-0.3, -0.25) is 4.68 Å². The van der Waals surface area contributed by atoms with Gasteiger partial charge in [0.25, 0.3) is 0 Å². The molecule has 0 amide bonds. The largest absolute Gasteiger partial charge is 0.391 e. The minimum absolute atomic E-state index is 0.268. The molecule has 1 N–H and O–H groups in total. The molecular weight excluding hydrogens is 176 g/mol. The fourth-order valence-electron chi connectivity index (χ4n) is 1.14. The van der Waals surface area contributed by atoms with Crippen LogP contribution >= 0.6 is 11.6 Å². The van der Waals surface area contributed by atoms with Crippen LogP contribution in [0.5, 0.6) is 0 Å². The number of aryl methyl sites for hydroxylation is 2. The van der Waals surface area contributed by atoms with Crippen molar-refractivity contribution in [3.8, 4) is 0 Å². The van der Waals surface area contributed by atoms with Gasteiger partial charge in [-0.15, -0.1) is 11.6 Å². The summed E-state index contributed by atoms with van der Waals surface area (Å²) < 4.78 is 1.77. The van der Waals surface area contributed by atoms with Crippen LogP contribution in [0.1, 0.15) is 11.3 Å². The summed E-state index contributed by atoms with van der Waals surface area (Å²) >= 11 is 5.49. The number of hydrogen-bond donors (Lipinski definition) is 1. The van der Waals surface area contributed by atoms with Crippen LogP contribution in [0, 0.1) is 6.92 Å². The normalized spacial score (nSPS) is 13.3. The third-order valence-electron chi connectivity index (χ3n) is 1.88. The van der Waals surface area contributed by atoms with Gasteiger partial charge in [0.15, 0.2) is 0 Å². The number of aliphatic hydroxyl groups excluding tert-OH is 1. The lowest BCUT2D eigenvalue weighted by Crippen LogP contribution is -2.15. The minimum atomic E-state index is -0.472. The Morgan fingerprint density at radius 2 is 2.42 bits per heavy atom. The first-order chi connectivity index (χ1) is 5.65. The number of aromatic nitrogens is 2. The second-order valence-electron chi connectivity index (χ2n) is 2.91.